The molecule has 116 valence electrons. The van der Waals surface area contributed by atoms with E-state index in [1.165, 1.54) is 18.4 Å². The topological polar surface area (TPSA) is 84.0 Å². The molecule has 0 aliphatic carbocycles. The number of nitrogens with zero attached hydrogens (tertiary/aromatic N) is 2. The van der Waals surface area contributed by atoms with Crippen LogP contribution in [0.15, 0.2) is 10.8 Å². The van der Waals surface area contributed by atoms with Crippen LogP contribution in [0.25, 0.3) is 0 Å². The summed E-state index contributed by atoms with van der Waals surface area (Å²) in [5.74, 6) is -1.73. The molecule has 2 aliphatic heterocycles. The minimum absolute atomic E-state index is 0.127. The van der Waals surface area contributed by atoms with Gasteiger partial charge in [-0.15, -0.1) is 0 Å². The van der Waals surface area contributed by atoms with Gasteiger partial charge in [0.05, 0.1) is 24.3 Å². The zero-order valence-electron chi connectivity index (χ0n) is 11.9. The second-order valence-corrected chi connectivity index (χ2v) is 5.85. The average Bonchev–Trinajstić information content (AvgIpc) is 3.06. The van der Waals surface area contributed by atoms with Crippen LogP contribution in [-0.4, -0.2) is 59.7 Å². The zero-order chi connectivity index (χ0) is 15.9. The van der Waals surface area contributed by atoms with Gasteiger partial charge in [-0.25, -0.2) is 0 Å². The van der Waals surface area contributed by atoms with Crippen molar-refractivity contribution in [1.82, 2.24) is 9.80 Å². The monoisotopic (exact) mass is 322 g/mol. The van der Waals surface area contributed by atoms with Gasteiger partial charge in [-0.1, -0.05) is 0 Å². The Kier molecular flexibility index (Phi) is 3.79. The Morgan fingerprint density at radius 3 is 2.41 bits per heavy atom. The molecule has 3 rings (SSSR count). The van der Waals surface area contributed by atoms with Crippen LogP contribution in [0, 0.1) is 0 Å². The van der Waals surface area contributed by atoms with Gasteiger partial charge in [0, 0.05) is 24.3 Å². The molecule has 8 heteroatoms. The summed E-state index contributed by atoms with van der Waals surface area (Å²) >= 11 is 1.28. The van der Waals surface area contributed by atoms with Crippen molar-refractivity contribution in [2.45, 2.75) is 18.9 Å². The number of rotatable bonds is 4. The summed E-state index contributed by atoms with van der Waals surface area (Å²) in [7, 11) is 1.47. The SMILES string of the molecule is COCCN1C(=O)CCC(N2C(=O)c3cscc3C2=O)C1=O. The van der Waals surface area contributed by atoms with Crippen LogP contribution in [0.4, 0.5) is 0 Å². The van der Waals surface area contributed by atoms with E-state index in [1.807, 2.05) is 0 Å². The number of hydrogen-bond acceptors (Lipinski definition) is 6. The minimum Gasteiger partial charge on any atom is -0.383 e. The van der Waals surface area contributed by atoms with Crippen molar-refractivity contribution in [3.05, 3.63) is 21.9 Å². The maximum absolute atomic E-state index is 12.5. The lowest BCUT2D eigenvalue weighted by Crippen LogP contribution is -2.56. The van der Waals surface area contributed by atoms with E-state index in [1.54, 1.807) is 10.8 Å². The van der Waals surface area contributed by atoms with E-state index in [2.05, 4.69) is 0 Å². The predicted molar refractivity (Wildman–Crippen MR) is 76.4 cm³/mol. The lowest BCUT2D eigenvalue weighted by molar-refractivity contribution is -0.152. The van der Waals surface area contributed by atoms with Crippen molar-refractivity contribution in [2.75, 3.05) is 20.3 Å². The summed E-state index contributed by atoms with van der Waals surface area (Å²) in [5.41, 5.74) is 0.672. The Morgan fingerprint density at radius 1 is 1.18 bits per heavy atom. The highest BCUT2D eigenvalue weighted by Gasteiger charge is 2.47. The van der Waals surface area contributed by atoms with Gasteiger partial charge in [0.2, 0.25) is 5.91 Å². The van der Waals surface area contributed by atoms with Crippen molar-refractivity contribution in [3.63, 3.8) is 0 Å². The third kappa shape index (κ3) is 2.15. The Bertz CT molecular complexity index is 637. The van der Waals surface area contributed by atoms with Crippen molar-refractivity contribution < 1.29 is 23.9 Å². The Labute approximate surface area is 130 Å². The van der Waals surface area contributed by atoms with E-state index < -0.39 is 23.8 Å². The maximum Gasteiger partial charge on any atom is 0.263 e. The summed E-state index contributed by atoms with van der Waals surface area (Å²) in [6.45, 7) is 0.348. The molecule has 3 heterocycles. The van der Waals surface area contributed by atoms with Crippen molar-refractivity contribution in [1.29, 1.82) is 0 Å². The molecule has 1 fully saturated rings. The fourth-order valence-electron chi connectivity index (χ4n) is 2.74. The van der Waals surface area contributed by atoms with Gasteiger partial charge in [0.1, 0.15) is 6.04 Å². The Morgan fingerprint density at radius 2 is 1.82 bits per heavy atom. The van der Waals surface area contributed by atoms with E-state index in [0.29, 0.717) is 11.1 Å². The van der Waals surface area contributed by atoms with Crippen LogP contribution < -0.4 is 0 Å². The molecule has 0 radical (unpaired) electrons. The number of fused-ring (bicyclic) bond motifs is 1. The van der Waals surface area contributed by atoms with Gasteiger partial charge in [-0.3, -0.25) is 29.0 Å². The van der Waals surface area contributed by atoms with E-state index in [4.69, 9.17) is 4.74 Å². The molecule has 1 aromatic rings. The van der Waals surface area contributed by atoms with Gasteiger partial charge in [-0.2, -0.15) is 11.3 Å². The molecule has 7 nitrogen and oxygen atoms in total. The highest BCUT2D eigenvalue weighted by Crippen LogP contribution is 2.31. The molecule has 1 atom stereocenters. The summed E-state index contributed by atoms with van der Waals surface area (Å²) in [5, 5.41) is 3.22. The lowest BCUT2D eigenvalue weighted by Gasteiger charge is -2.34. The number of amides is 4. The number of carbonyl (C=O) groups is 4. The molecular formula is C14H14N2O5S. The molecule has 2 aliphatic rings. The second kappa shape index (κ2) is 5.62. The van der Waals surface area contributed by atoms with Crippen LogP contribution in [-0.2, 0) is 14.3 Å². The first kappa shape index (κ1) is 14.9. The number of carbonyl (C=O) groups excluding carboxylic acids is 4. The number of ether oxygens (including phenoxy) is 1. The summed E-state index contributed by atoms with van der Waals surface area (Å²) in [6, 6.07) is -0.910. The molecule has 1 unspecified atom stereocenters. The molecule has 4 amide bonds. The van der Waals surface area contributed by atoms with Crippen LogP contribution in [0.3, 0.4) is 0 Å². The average molecular weight is 322 g/mol. The molecule has 0 saturated carbocycles. The maximum atomic E-state index is 12.5. The normalized spacial score (nSPS) is 21.8. The van der Waals surface area contributed by atoms with Crippen molar-refractivity contribution in [2.24, 2.45) is 0 Å². The van der Waals surface area contributed by atoms with Gasteiger partial charge in [0.15, 0.2) is 0 Å². The first-order chi connectivity index (χ1) is 10.6. The van der Waals surface area contributed by atoms with Gasteiger partial charge >= 0.3 is 0 Å². The van der Waals surface area contributed by atoms with E-state index in [0.717, 1.165) is 9.80 Å². The third-order valence-corrected chi connectivity index (χ3v) is 4.62. The predicted octanol–water partition coefficient (Wildman–Crippen LogP) is 0.508. The summed E-state index contributed by atoms with van der Waals surface area (Å²) < 4.78 is 4.89. The Hall–Kier alpha value is -2.06. The summed E-state index contributed by atoms with van der Waals surface area (Å²) in [4.78, 5) is 51.1. The molecule has 0 aromatic carbocycles. The molecule has 22 heavy (non-hydrogen) atoms. The van der Waals surface area contributed by atoms with E-state index in [9.17, 15) is 19.2 Å². The van der Waals surface area contributed by atoms with Gasteiger partial charge in [0.25, 0.3) is 17.7 Å². The number of piperidine rings is 1. The number of thiophene rings is 1. The molecule has 0 spiro atoms. The van der Waals surface area contributed by atoms with Crippen molar-refractivity contribution in [3.8, 4) is 0 Å². The molecule has 1 saturated heterocycles. The molecule has 0 bridgehead atoms. The largest absolute Gasteiger partial charge is 0.383 e. The number of methoxy groups -OCH3 is 1. The Balaban J connectivity index is 1.85. The molecular weight excluding hydrogens is 308 g/mol. The van der Waals surface area contributed by atoms with Gasteiger partial charge < -0.3 is 4.74 Å². The van der Waals surface area contributed by atoms with E-state index >= 15 is 0 Å². The van der Waals surface area contributed by atoms with Crippen LogP contribution in [0.2, 0.25) is 0 Å². The fraction of sp³-hybridized carbons (Fsp3) is 0.429. The first-order valence-electron chi connectivity index (χ1n) is 6.83. The highest BCUT2D eigenvalue weighted by atomic mass is 32.1. The number of imide groups is 2. The third-order valence-electron chi connectivity index (χ3n) is 3.87. The van der Waals surface area contributed by atoms with E-state index in [-0.39, 0.29) is 31.9 Å². The second-order valence-electron chi connectivity index (χ2n) is 5.11. The molecule has 1 aromatic heterocycles. The smallest absolute Gasteiger partial charge is 0.263 e. The highest BCUT2D eigenvalue weighted by molar-refractivity contribution is 7.08. The lowest BCUT2D eigenvalue weighted by atomic mass is 10.0. The van der Waals surface area contributed by atoms with Crippen molar-refractivity contribution >= 4 is 35.0 Å². The minimum atomic E-state index is -0.910. The number of hydrogen-bond donors (Lipinski definition) is 0. The fourth-order valence-corrected chi connectivity index (χ4v) is 3.54. The zero-order valence-corrected chi connectivity index (χ0v) is 12.7. The summed E-state index contributed by atoms with van der Waals surface area (Å²) in [6.07, 6.45) is 0.302. The standard InChI is InChI=1S/C14H14N2O5S/c1-21-5-4-15-11(17)3-2-10(14(15)20)16-12(18)8-6-22-7-9(8)13(16)19/h6-7,10H,2-5H2,1H3. The number of likely N-dealkylation sites (tertiary alicyclic amines) is 1. The quantitative estimate of drug-likeness (QED) is 0.754. The molecule has 0 N–H and O–H groups in total. The van der Waals surface area contributed by atoms with Crippen LogP contribution in [0.5, 0.6) is 0 Å². The van der Waals surface area contributed by atoms with Crippen LogP contribution in [0.1, 0.15) is 33.6 Å². The van der Waals surface area contributed by atoms with Crippen LogP contribution >= 0.6 is 11.3 Å². The van der Waals surface area contributed by atoms with Gasteiger partial charge in [-0.05, 0) is 6.42 Å². The first-order valence-corrected chi connectivity index (χ1v) is 7.77.